The molecule has 0 saturated carbocycles. The van der Waals surface area contributed by atoms with Crippen LogP contribution in [0.2, 0.25) is 5.02 Å². The summed E-state index contributed by atoms with van der Waals surface area (Å²) < 4.78 is 0. The number of halogens is 1. The average molecular weight is 303 g/mol. The molecule has 0 amide bonds. The van der Waals surface area contributed by atoms with E-state index in [4.69, 9.17) is 23.1 Å². The standard InChI is InChI=1S/C17H19ClN2O/c18-15-5-2-11(8-17(15)20)12-4-6-16(19)14-7-10(9-21)1-3-13(12)14/h1-3,5,7-8,12,16,21H,4,6,9,19-20H2/t12-,16-/m0/s1. The summed E-state index contributed by atoms with van der Waals surface area (Å²) in [6.45, 7) is 0.0402. The first-order valence-corrected chi connectivity index (χ1v) is 7.52. The number of nitrogen functional groups attached to an aromatic ring is 1. The highest BCUT2D eigenvalue weighted by molar-refractivity contribution is 6.33. The summed E-state index contributed by atoms with van der Waals surface area (Å²) in [5.41, 5.74) is 17.2. The SMILES string of the molecule is Nc1cc([C@@H]2CC[C@H](N)c3cc(CO)ccc32)ccc1Cl. The maximum Gasteiger partial charge on any atom is 0.0681 e. The van der Waals surface area contributed by atoms with Crippen LogP contribution in [-0.2, 0) is 6.61 Å². The molecule has 0 spiro atoms. The van der Waals surface area contributed by atoms with Crippen LogP contribution in [0.1, 0.15) is 47.1 Å². The second kappa shape index (κ2) is 5.68. The lowest BCUT2D eigenvalue weighted by atomic mass is 9.76. The smallest absolute Gasteiger partial charge is 0.0681 e. The van der Waals surface area contributed by atoms with Crippen molar-refractivity contribution in [3.63, 3.8) is 0 Å². The third kappa shape index (κ3) is 2.64. The summed E-state index contributed by atoms with van der Waals surface area (Å²) in [5, 5.41) is 9.89. The van der Waals surface area contributed by atoms with Crippen LogP contribution in [0.3, 0.4) is 0 Å². The Hall–Kier alpha value is -1.55. The van der Waals surface area contributed by atoms with Crippen LogP contribution in [0.25, 0.3) is 0 Å². The fourth-order valence-electron chi connectivity index (χ4n) is 3.14. The predicted octanol–water partition coefficient (Wildman–Crippen LogP) is 3.34. The number of anilines is 1. The molecule has 5 N–H and O–H groups in total. The number of benzene rings is 2. The van der Waals surface area contributed by atoms with Gasteiger partial charge >= 0.3 is 0 Å². The Morgan fingerprint density at radius 1 is 1.10 bits per heavy atom. The molecule has 0 unspecified atom stereocenters. The fraction of sp³-hybridized carbons (Fsp3) is 0.294. The molecule has 110 valence electrons. The van der Waals surface area contributed by atoms with Gasteiger partial charge in [0.2, 0.25) is 0 Å². The molecule has 0 saturated heterocycles. The number of fused-ring (bicyclic) bond motifs is 1. The first-order chi connectivity index (χ1) is 10.1. The quantitative estimate of drug-likeness (QED) is 0.745. The topological polar surface area (TPSA) is 72.3 Å². The van der Waals surface area contributed by atoms with E-state index in [1.807, 2.05) is 30.3 Å². The van der Waals surface area contributed by atoms with Crippen LogP contribution in [0.5, 0.6) is 0 Å². The van der Waals surface area contributed by atoms with E-state index in [0.717, 1.165) is 24.0 Å². The van der Waals surface area contributed by atoms with Gasteiger partial charge in [-0.3, -0.25) is 0 Å². The lowest BCUT2D eigenvalue weighted by Crippen LogP contribution is -2.21. The Labute approximate surface area is 129 Å². The van der Waals surface area contributed by atoms with E-state index in [1.54, 1.807) is 0 Å². The molecule has 0 bridgehead atoms. The van der Waals surface area contributed by atoms with Gasteiger partial charge in [0.25, 0.3) is 0 Å². The molecule has 0 radical (unpaired) electrons. The van der Waals surface area contributed by atoms with Crippen LogP contribution in [0.4, 0.5) is 5.69 Å². The van der Waals surface area contributed by atoms with Crippen LogP contribution in [-0.4, -0.2) is 5.11 Å². The summed E-state index contributed by atoms with van der Waals surface area (Å²) >= 11 is 6.01. The van der Waals surface area contributed by atoms with Crippen molar-refractivity contribution in [3.8, 4) is 0 Å². The molecular formula is C17H19ClN2O. The second-order valence-corrected chi connectivity index (χ2v) is 6.05. The first kappa shape index (κ1) is 14.4. The lowest BCUT2D eigenvalue weighted by Gasteiger charge is -2.30. The molecule has 3 rings (SSSR count). The van der Waals surface area contributed by atoms with Crippen molar-refractivity contribution in [1.29, 1.82) is 0 Å². The van der Waals surface area contributed by atoms with Gasteiger partial charge in [0, 0.05) is 12.0 Å². The lowest BCUT2D eigenvalue weighted by molar-refractivity contribution is 0.281. The summed E-state index contributed by atoms with van der Waals surface area (Å²) in [7, 11) is 0. The highest BCUT2D eigenvalue weighted by atomic mass is 35.5. The number of aliphatic hydroxyl groups is 1. The number of aliphatic hydroxyl groups excluding tert-OH is 1. The van der Waals surface area contributed by atoms with Gasteiger partial charge in [-0.25, -0.2) is 0 Å². The number of hydrogen-bond acceptors (Lipinski definition) is 3. The summed E-state index contributed by atoms with van der Waals surface area (Å²) in [5.74, 6) is 0.284. The van der Waals surface area contributed by atoms with Gasteiger partial charge < -0.3 is 16.6 Å². The second-order valence-electron chi connectivity index (χ2n) is 5.64. The molecule has 2 aromatic carbocycles. The molecule has 2 atom stereocenters. The molecule has 1 aliphatic rings. The molecule has 0 heterocycles. The zero-order valence-corrected chi connectivity index (χ0v) is 12.5. The van der Waals surface area contributed by atoms with E-state index in [1.165, 1.54) is 11.1 Å². The number of hydrogen-bond donors (Lipinski definition) is 3. The molecule has 0 aromatic heterocycles. The fourth-order valence-corrected chi connectivity index (χ4v) is 3.26. The predicted molar refractivity (Wildman–Crippen MR) is 86.2 cm³/mol. The molecule has 0 aliphatic heterocycles. The molecule has 3 nitrogen and oxygen atoms in total. The summed E-state index contributed by atoms with van der Waals surface area (Å²) in [6, 6.07) is 11.9. The van der Waals surface area contributed by atoms with Gasteiger partial charge in [0.05, 0.1) is 17.3 Å². The molecular weight excluding hydrogens is 284 g/mol. The van der Waals surface area contributed by atoms with Crippen molar-refractivity contribution in [2.75, 3.05) is 5.73 Å². The monoisotopic (exact) mass is 302 g/mol. The van der Waals surface area contributed by atoms with E-state index >= 15 is 0 Å². The normalized spacial score (nSPS) is 21.1. The maximum absolute atomic E-state index is 9.30. The van der Waals surface area contributed by atoms with Gasteiger partial charge in [0.1, 0.15) is 0 Å². The first-order valence-electron chi connectivity index (χ1n) is 7.14. The number of rotatable bonds is 2. The Morgan fingerprint density at radius 2 is 1.90 bits per heavy atom. The van der Waals surface area contributed by atoms with Gasteiger partial charge in [0.15, 0.2) is 0 Å². The van der Waals surface area contributed by atoms with E-state index in [9.17, 15) is 5.11 Å². The zero-order valence-electron chi connectivity index (χ0n) is 11.7. The zero-order chi connectivity index (χ0) is 15.0. The Kier molecular flexibility index (Phi) is 3.89. The van der Waals surface area contributed by atoms with Crippen LogP contribution >= 0.6 is 11.6 Å². The molecule has 2 aromatic rings. The van der Waals surface area contributed by atoms with E-state index in [-0.39, 0.29) is 18.6 Å². The van der Waals surface area contributed by atoms with Crippen molar-refractivity contribution in [2.45, 2.75) is 31.4 Å². The van der Waals surface area contributed by atoms with Crippen molar-refractivity contribution in [3.05, 3.63) is 63.7 Å². The summed E-state index contributed by atoms with van der Waals surface area (Å²) in [4.78, 5) is 0. The molecule has 21 heavy (non-hydrogen) atoms. The Bertz CT molecular complexity index is 672. The highest BCUT2D eigenvalue weighted by Gasteiger charge is 2.26. The third-order valence-electron chi connectivity index (χ3n) is 4.30. The minimum Gasteiger partial charge on any atom is -0.398 e. The Morgan fingerprint density at radius 3 is 2.62 bits per heavy atom. The van der Waals surface area contributed by atoms with Gasteiger partial charge in [-0.05, 0) is 47.2 Å². The molecule has 1 aliphatic carbocycles. The number of nitrogens with two attached hydrogens (primary N) is 2. The van der Waals surface area contributed by atoms with Crippen molar-refractivity contribution >= 4 is 17.3 Å². The third-order valence-corrected chi connectivity index (χ3v) is 4.64. The maximum atomic E-state index is 9.30. The van der Waals surface area contributed by atoms with Crippen molar-refractivity contribution in [2.24, 2.45) is 5.73 Å². The van der Waals surface area contributed by atoms with Gasteiger partial charge in [-0.15, -0.1) is 0 Å². The van der Waals surface area contributed by atoms with E-state index in [0.29, 0.717) is 10.7 Å². The molecule has 4 heteroatoms. The minimum absolute atomic E-state index is 0.0346. The van der Waals surface area contributed by atoms with E-state index < -0.39 is 0 Å². The Balaban J connectivity index is 2.06. The van der Waals surface area contributed by atoms with Crippen LogP contribution < -0.4 is 11.5 Å². The minimum atomic E-state index is 0.0346. The average Bonchev–Trinajstić information content (AvgIpc) is 2.50. The van der Waals surface area contributed by atoms with Crippen molar-refractivity contribution in [1.82, 2.24) is 0 Å². The van der Waals surface area contributed by atoms with Crippen LogP contribution in [0.15, 0.2) is 36.4 Å². The van der Waals surface area contributed by atoms with Crippen LogP contribution in [0, 0.1) is 0 Å². The van der Waals surface area contributed by atoms with Gasteiger partial charge in [-0.1, -0.05) is 35.9 Å². The largest absolute Gasteiger partial charge is 0.398 e. The van der Waals surface area contributed by atoms with Gasteiger partial charge in [-0.2, -0.15) is 0 Å². The highest BCUT2D eigenvalue weighted by Crippen LogP contribution is 2.41. The summed E-state index contributed by atoms with van der Waals surface area (Å²) in [6.07, 6.45) is 1.92. The van der Waals surface area contributed by atoms with E-state index in [2.05, 4.69) is 6.07 Å². The molecule has 0 fully saturated rings. The van der Waals surface area contributed by atoms with Crippen molar-refractivity contribution < 1.29 is 5.11 Å².